The van der Waals surface area contributed by atoms with Crippen molar-refractivity contribution >= 4 is 17.2 Å². The summed E-state index contributed by atoms with van der Waals surface area (Å²) in [5.41, 5.74) is 3.54. The number of halogens is 2. The molecule has 4 rings (SSSR count). The number of benzene rings is 2. The first-order chi connectivity index (χ1) is 12.6. The molecule has 0 bridgehead atoms. The van der Waals surface area contributed by atoms with E-state index in [0.29, 0.717) is 17.9 Å². The number of fused-ring (bicyclic) bond motifs is 1. The Labute approximate surface area is 150 Å². The van der Waals surface area contributed by atoms with E-state index in [4.69, 9.17) is 0 Å². The van der Waals surface area contributed by atoms with Crippen LogP contribution in [-0.4, -0.2) is 17.6 Å². The van der Waals surface area contributed by atoms with Crippen molar-refractivity contribution < 1.29 is 18.8 Å². The molecule has 1 atom stereocenters. The second-order valence-corrected chi connectivity index (χ2v) is 6.35. The van der Waals surface area contributed by atoms with Crippen LogP contribution in [0, 0.1) is 11.6 Å². The predicted octanol–water partition coefficient (Wildman–Crippen LogP) is 2.43. The lowest BCUT2D eigenvalue weighted by molar-refractivity contribution is -0.757. The average Bonchev–Trinajstić information content (AvgIpc) is 2.98. The minimum absolute atomic E-state index is 0.0123. The van der Waals surface area contributed by atoms with Gasteiger partial charge in [-0.3, -0.25) is 4.90 Å². The van der Waals surface area contributed by atoms with Gasteiger partial charge in [-0.2, -0.15) is 4.99 Å². The van der Waals surface area contributed by atoms with Gasteiger partial charge in [-0.1, -0.05) is 12.1 Å². The number of aliphatic imine (C=N–C) groups is 1. The largest absolute Gasteiger partial charge is 0.392 e. The van der Waals surface area contributed by atoms with Crippen LogP contribution in [0.5, 0.6) is 0 Å². The Morgan fingerprint density at radius 2 is 2.04 bits per heavy atom. The zero-order chi connectivity index (χ0) is 18.3. The molecule has 0 amide bonds. The van der Waals surface area contributed by atoms with Crippen LogP contribution in [0.3, 0.4) is 0 Å². The normalized spacial score (nSPS) is 19.0. The van der Waals surface area contributed by atoms with Crippen molar-refractivity contribution in [2.45, 2.75) is 13.5 Å². The van der Waals surface area contributed by atoms with E-state index in [1.165, 1.54) is 12.1 Å². The maximum absolute atomic E-state index is 14.2. The first-order valence-electron chi connectivity index (χ1n) is 8.33. The summed E-state index contributed by atoms with van der Waals surface area (Å²) in [7, 11) is 0. The lowest BCUT2D eigenvalue weighted by atomic mass is 10.1. The molecule has 0 aromatic heterocycles. The summed E-state index contributed by atoms with van der Waals surface area (Å²) in [6.07, 6.45) is 3.82. The molecule has 2 heterocycles. The molecule has 1 unspecified atom stereocenters. The van der Waals surface area contributed by atoms with E-state index in [1.807, 2.05) is 43.5 Å². The minimum Gasteiger partial charge on any atom is -0.392 e. The Hall–Kier alpha value is -2.83. The third kappa shape index (κ3) is 2.83. The molecule has 2 aromatic rings. The first-order valence-corrected chi connectivity index (χ1v) is 8.33. The van der Waals surface area contributed by atoms with Crippen LogP contribution in [0.4, 0.5) is 14.5 Å². The number of hydrogen-bond acceptors (Lipinski definition) is 3. The van der Waals surface area contributed by atoms with Gasteiger partial charge in [0.25, 0.3) is 0 Å². The van der Waals surface area contributed by atoms with Gasteiger partial charge in [-0.25, -0.2) is 13.7 Å². The molecule has 0 fully saturated rings. The van der Waals surface area contributed by atoms with Gasteiger partial charge < -0.3 is 5.11 Å². The molecular formula is C20H18F2N3O+. The fourth-order valence-electron chi connectivity index (χ4n) is 3.28. The minimum atomic E-state index is -0.612. The van der Waals surface area contributed by atoms with Crippen molar-refractivity contribution in [2.24, 2.45) is 4.99 Å². The molecule has 0 spiro atoms. The first kappa shape index (κ1) is 16.6. The molecule has 132 valence electrons. The van der Waals surface area contributed by atoms with Crippen molar-refractivity contribution in [2.75, 3.05) is 11.6 Å². The third-order valence-electron chi connectivity index (χ3n) is 4.70. The van der Waals surface area contributed by atoms with E-state index in [9.17, 15) is 13.9 Å². The monoisotopic (exact) mass is 354 g/mol. The van der Waals surface area contributed by atoms with E-state index < -0.39 is 11.6 Å². The summed E-state index contributed by atoms with van der Waals surface area (Å²) in [5, 5.41) is 9.33. The Balaban J connectivity index is 1.66. The second kappa shape index (κ2) is 6.48. The smallest absolute Gasteiger partial charge is 0.234 e. The molecule has 0 radical (unpaired) electrons. The van der Waals surface area contributed by atoms with Crippen LogP contribution in [0.25, 0.3) is 5.70 Å². The standard InChI is InChI=1S/C20H17F2N3O/c1-13-20(17-6-5-15(21)10-18(17)22)23-19-7-8-24(12-25(13)19)16-4-2-3-14(9-16)11-26/h2-10,26H,11-12H2,1H3/p+1. The number of aliphatic hydroxyl groups excluding tert-OH is 1. The number of nitrogens with one attached hydrogen (secondary N) is 1. The summed E-state index contributed by atoms with van der Waals surface area (Å²) in [4.78, 5) is 7.63. The molecular weight excluding hydrogens is 336 g/mol. The summed E-state index contributed by atoms with van der Waals surface area (Å²) in [6.45, 7) is 2.50. The van der Waals surface area contributed by atoms with Gasteiger partial charge in [0.15, 0.2) is 6.67 Å². The third-order valence-corrected chi connectivity index (χ3v) is 4.70. The number of rotatable bonds is 3. The SMILES string of the molecule is CC1=C(c2ccc(F)cc2F)N=C2C=CN(c3cccc(CO)c3)C[NH+]21. The Bertz CT molecular complexity index is 965. The lowest BCUT2D eigenvalue weighted by Crippen LogP contribution is -3.13. The molecule has 2 aromatic carbocycles. The number of anilines is 1. The summed E-state index contributed by atoms with van der Waals surface area (Å²) in [6, 6.07) is 11.2. The fourth-order valence-corrected chi connectivity index (χ4v) is 3.28. The summed E-state index contributed by atoms with van der Waals surface area (Å²) >= 11 is 0. The van der Waals surface area contributed by atoms with Gasteiger partial charge in [0.05, 0.1) is 6.61 Å². The quantitative estimate of drug-likeness (QED) is 0.889. The van der Waals surface area contributed by atoms with Crippen LogP contribution >= 0.6 is 0 Å². The fraction of sp³-hybridized carbons (Fsp3) is 0.150. The van der Waals surface area contributed by atoms with Gasteiger partial charge in [-0.05, 0) is 29.8 Å². The zero-order valence-corrected chi connectivity index (χ0v) is 14.2. The number of nitrogens with zero attached hydrogens (tertiary/aromatic N) is 2. The van der Waals surface area contributed by atoms with E-state index in [1.54, 1.807) is 0 Å². The molecule has 0 aliphatic carbocycles. The highest BCUT2D eigenvalue weighted by atomic mass is 19.1. The summed E-state index contributed by atoms with van der Waals surface area (Å²) < 4.78 is 27.4. The van der Waals surface area contributed by atoms with Gasteiger partial charge >= 0.3 is 0 Å². The van der Waals surface area contributed by atoms with Crippen molar-refractivity contribution in [1.82, 2.24) is 0 Å². The average molecular weight is 354 g/mol. The maximum atomic E-state index is 14.2. The molecule has 2 N–H and O–H groups in total. The molecule has 0 saturated heterocycles. The number of aliphatic hydroxyl groups is 1. The van der Waals surface area contributed by atoms with Crippen molar-refractivity contribution in [3.05, 3.63) is 83.2 Å². The predicted molar refractivity (Wildman–Crippen MR) is 96.2 cm³/mol. The van der Waals surface area contributed by atoms with E-state index >= 15 is 0 Å². The van der Waals surface area contributed by atoms with E-state index in [-0.39, 0.29) is 6.61 Å². The lowest BCUT2D eigenvalue weighted by Gasteiger charge is -2.28. The maximum Gasteiger partial charge on any atom is 0.234 e. The van der Waals surface area contributed by atoms with E-state index in [0.717, 1.165) is 33.7 Å². The van der Waals surface area contributed by atoms with Crippen molar-refractivity contribution in [1.29, 1.82) is 0 Å². The Kier molecular flexibility index (Phi) is 4.14. The second-order valence-electron chi connectivity index (χ2n) is 6.35. The Morgan fingerprint density at radius 3 is 2.81 bits per heavy atom. The van der Waals surface area contributed by atoms with Gasteiger partial charge in [0, 0.05) is 36.5 Å². The molecule has 6 heteroatoms. The number of hydrogen-bond donors (Lipinski definition) is 2. The highest BCUT2D eigenvalue weighted by Gasteiger charge is 2.34. The van der Waals surface area contributed by atoms with Gasteiger partial charge in [0.2, 0.25) is 5.84 Å². The van der Waals surface area contributed by atoms with Gasteiger partial charge in [0.1, 0.15) is 23.0 Å². The topological polar surface area (TPSA) is 40.3 Å². The van der Waals surface area contributed by atoms with Crippen molar-refractivity contribution in [3.63, 3.8) is 0 Å². The van der Waals surface area contributed by atoms with Gasteiger partial charge in [-0.15, -0.1) is 0 Å². The number of allylic oxidation sites excluding steroid dienone is 1. The van der Waals surface area contributed by atoms with Crippen LogP contribution in [0.15, 0.2) is 65.4 Å². The van der Waals surface area contributed by atoms with Crippen LogP contribution < -0.4 is 9.80 Å². The van der Waals surface area contributed by atoms with Crippen molar-refractivity contribution in [3.8, 4) is 0 Å². The highest BCUT2D eigenvalue weighted by Crippen LogP contribution is 2.26. The molecule has 26 heavy (non-hydrogen) atoms. The molecule has 0 saturated carbocycles. The van der Waals surface area contributed by atoms with Crippen LogP contribution in [0.1, 0.15) is 18.1 Å². The Morgan fingerprint density at radius 1 is 1.19 bits per heavy atom. The van der Waals surface area contributed by atoms with E-state index in [2.05, 4.69) is 9.89 Å². The summed E-state index contributed by atoms with van der Waals surface area (Å²) in [5.74, 6) is -0.412. The number of quaternary nitrogens is 1. The molecule has 2 aliphatic rings. The van der Waals surface area contributed by atoms with Crippen LogP contribution in [0.2, 0.25) is 0 Å². The molecule has 4 nitrogen and oxygen atoms in total. The highest BCUT2D eigenvalue weighted by molar-refractivity contribution is 5.95. The number of amidine groups is 1. The van der Waals surface area contributed by atoms with Crippen LogP contribution in [-0.2, 0) is 6.61 Å². The molecule has 2 aliphatic heterocycles. The zero-order valence-electron chi connectivity index (χ0n) is 14.2.